The third-order valence-corrected chi connectivity index (χ3v) is 4.25. The zero-order valence-corrected chi connectivity index (χ0v) is 12.1. The van der Waals surface area contributed by atoms with E-state index < -0.39 is 10.8 Å². The Hall–Kier alpha value is -0.870. The van der Waals surface area contributed by atoms with Crippen molar-refractivity contribution in [2.75, 3.05) is 12.9 Å². The summed E-state index contributed by atoms with van der Waals surface area (Å²) in [5.74, 6) is 2.13. The van der Waals surface area contributed by atoms with Crippen LogP contribution in [0.3, 0.4) is 0 Å². The number of ether oxygens (including phenoxy) is 1. The second-order valence-electron chi connectivity index (χ2n) is 4.35. The van der Waals surface area contributed by atoms with E-state index in [1.165, 1.54) is 0 Å². The van der Waals surface area contributed by atoms with E-state index in [-0.39, 0.29) is 0 Å². The number of unbranched alkanes of at least 4 members (excludes halogenated alkanes) is 2. The average Bonchev–Trinajstić information content (AvgIpc) is 2.39. The summed E-state index contributed by atoms with van der Waals surface area (Å²) in [6, 6.07) is 5.85. The van der Waals surface area contributed by atoms with E-state index in [9.17, 15) is 4.21 Å². The molecule has 0 radical (unpaired) electrons. The van der Waals surface area contributed by atoms with Crippen molar-refractivity contribution in [3.05, 3.63) is 29.3 Å². The third kappa shape index (κ3) is 4.78. The zero-order valence-electron chi connectivity index (χ0n) is 11.3. The number of hydrogen-bond acceptors (Lipinski definition) is 3. The van der Waals surface area contributed by atoms with Gasteiger partial charge in [-0.05, 0) is 24.1 Å². The smallest absolute Gasteiger partial charge is 0.123 e. The molecule has 1 aromatic carbocycles. The SMILES string of the molecule is CCCCCS(=O)Cc1cc(CN)ccc1OC. The highest BCUT2D eigenvalue weighted by atomic mass is 32.2. The molecule has 1 unspecified atom stereocenters. The predicted octanol–water partition coefficient (Wildman–Crippen LogP) is 2.59. The summed E-state index contributed by atoms with van der Waals surface area (Å²) in [5, 5.41) is 0. The molecular weight excluding hydrogens is 246 g/mol. The first-order valence-corrected chi connectivity index (χ1v) is 7.90. The molecule has 1 atom stereocenters. The Morgan fingerprint density at radius 2 is 2.11 bits per heavy atom. The number of methoxy groups -OCH3 is 1. The molecule has 0 spiro atoms. The standard InChI is InChI=1S/C14H23NO2S/c1-3-4-5-8-18(16)11-13-9-12(10-15)6-7-14(13)17-2/h6-7,9H,3-5,8,10-11,15H2,1-2H3. The van der Waals surface area contributed by atoms with E-state index in [2.05, 4.69) is 6.92 Å². The van der Waals surface area contributed by atoms with Crippen LogP contribution in [-0.4, -0.2) is 17.1 Å². The van der Waals surface area contributed by atoms with Crippen molar-refractivity contribution in [2.24, 2.45) is 5.73 Å². The Kier molecular flexibility index (Phi) is 6.98. The molecule has 4 heteroatoms. The fourth-order valence-corrected chi connectivity index (χ4v) is 3.07. The fraction of sp³-hybridized carbons (Fsp3) is 0.571. The van der Waals surface area contributed by atoms with Crippen LogP contribution in [-0.2, 0) is 23.1 Å². The van der Waals surface area contributed by atoms with Gasteiger partial charge in [-0.1, -0.05) is 25.8 Å². The molecule has 0 fully saturated rings. The minimum Gasteiger partial charge on any atom is -0.496 e. The summed E-state index contributed by atoms with van der Waals surface area (Å²) in [6.07, 6.45) is 3.33. The molecule has 0 aliphatic carbocycles. The van der Waals surface area contributed by atoms with E-state index in [1.54, 1.807) is 7.11 Å². The van der Waals surface area contributed by atoms with E-state index >= 15 is 0 Å². The van der Waals surface area contributed by atoms with Gasteiger partial charge in [-0.15, -0.1) is 0 Å². The Morgan fingerprint density at radius 1 is 1.33 bits per heavy atom. The Bertz CT molecular complexity index is 393. The Balaban J connectivity index is 2.66. The monoisotopic (exact) mass is 269 g/mol. The summed E-state index contributed by atoms with van der Waals surface area (Å²) in [6.45, 7) is 2.65. The van der Waals surface area contributed by atoms with E-state index in [0.29, 0.717) is 12.3 Å². The lowest BCUT2D eigenvalue weighted by atomic mass is 10.1. The molecule has 0 heterocycles. The maximum absolute atomic E-state index is 12.0. The van der Waals surface area contributed by atoms with Crippen LogP contribution < -0.4 is 10.5 Å². The van der Waals surface area contributed by atoms with Gasteiger partial charge in [0.1, 0.15) is 5.75 Å². The Morgan fingerprint density at radius 3 is 2.72 bits per heavy atom. The summed E-state index contributed by atoms with van der Waals surface area (Å²) < 4.78 is 17.3. The highest BCUT2D eigenvalue weighted by molar-refractivity contribution is 7.84. The number of hydrogen-bond donors (Lipinski definition) is 1. The van der Waals surface area contributed by atoms with Crippen LogP contribution in [0, 0.1) is 0 Å². The maximum atomic E-state index is 12.0. The number of nitrogens with two attached hydrogens (primary N) is 1. The van der Waals surface area contributed by atoms with Crippen LogP contribution in [0.1, 0.15) is 37.3 Å². The van der Waals surface area contributed by atoms with Gasteiger partial charge in [-0.25, -0.2) is 0 Å². The van der Waals surface area contributed by atoms with Gasteiger partial charge in [0, 0.05) is 28.7 Å². The normalized spacial score (nSPS) is 12.4. The largest absolute Gasteiger partial charge is 0.496 e. The molecule has 0 saturated carbocycles. The first-order chi connectivity index (χ1) is 8.71. The highest BCUT2D eigenvalue weighted by Gasteiger charge is 2.08. The van der Waals surface area contributed by atoms with Crippen molar-refractivity contribution in [1.82, 2.24) is 0 Å². The third-order valence-electron chi connectivity index (χ3n) is 2.87. The molecule has 1 rings (SSSR count). The molecule has 0 amide bonds. The molecule has 0 aliphatic heterocycles. The molecule has 102 valence electrons. The molecular formula is C14H23NO2S. The second kappa shape index (κ2) is 8.27. The molecule has 2 N–H and O–H groups in total. The van der Waals surface area contributed by atoms with Crippen LogP contribution in [0.5, 0.6) is 5.75 Å². The van der Waals surface area contributed by atoms with Crippen molar-refractivity contribution in [2.45, 2.75) is 38.5 Å². The van der Waals surface area contributed by atoms with Gasteiger partial charge in [-0.3, -0.25) is 4.21 Å². The first-order valence-electron chi connectivity index (χ1n) is 6.42. The van der Waals surface area contributed by atoms with Gasteiger partial charge in [0.15, 0.2) is 0 Å². The van der Waals surface area contributed by atoms with Crippen LogP contribution in [0.25, 0.3) is 0 Å². The van der Waals surface area contributed by atoms with Crippen molar-refractivity contribution >= 4 is 10.8 Å². The quantitative estimate of drug-likeness (QED) is 0.738. The number of benzene rings is 1. The average molecular weight is 269 g/mol. The van der Waals surface area contributed by atoms with Crippen molar-refractivity contribution in [3.8, 4) is 5.75 Å². The molecule has 1 aromatic rings. The summed E-state index contributed by atoms with van der Waals surface area (Å²) in [4.78, 5) is 0. The van der Waals surface area contributed by atoms with E-state index in [0.717, 1.165) is 41.9 Å². The van der Waals surface area contributed by atoms with Gasteiger partial charge >= 0.3 is 0 Å². The van der Waals surface area contributed by atoms with Gasteiger partial charge in [0.2, 0.25) is 0 Å². The molecule has 0 aromatic heterocycles. The van der Waals surface area contributed by atoms with Gasteiger partial charge < -0.3 is 10.5 Å². The first kappa shape index (κ1) is 15.2. The fourth-order valence-electron chi connectivity index (χ4n) is 1.83. The minimum atomic E-state index is -0.815. The lowest BCUT2D eigenvalue weighted by Gasteiger charge is -2.10. The lowest BCUT2D eigenvalue weighted by molar-refractivity contribution is 0.411. The van der Waals surface area contributed by atoms with Crippen LogP contribution in [0.15, 0.2) is 18.2 Å². The van der Waals surface area contributed by atoms with Gasteiger partial charge in [0.05, 0.1) is 12.9 Å². The Labute approximate surface area is 112 Å². The van der Waals surface area contributed by atoms with Crippen molar-refractivity contribution in [1.29, 1.82) is 0 Å². The summed E-state index contributed by atoms with van der Waals surface area (Å²) in [7, 11) is 0.824. The highest BCUT2D eigenvalue weighted by Crippen LogP contribution is 2.21. The molecule has 0 aliphatic rings. The predicted molar refractivity (Wildman–Crippen MR) is 77.1 cm³/mol. The molecule has 18 heavy (non-hydrogen) atoms. The van der Waals surface area contributed by atoms with Gasteiger partial charge in [-0.2, -0.15) is 0 Å². The number of rotatable bonds is 8. The molecule has 0 saturated heterocycles. The second-order valence-corrected chi connectivity index (χ2v) is 5.92. The lowest BCUT2D eigenvalue weighted by Crippen LogP contribution is -2.04. The topological polar surface area (TPSA) is 52.3 Å². The summed E-state index contributed by atoms with van der Waals surface area (Å²) >= 11 is 0. The van der Waals surface area contributed by atoms with Crippen molar-refractivity contribution in [3.63, 3.8) is 0 Å². The zero-order chi connectivity index (χ0) is 13.4. The summed E-state index contributed by atoms with van der Waals surface area (Å²) in [5.41, 5.74) is 7.67. The molecule has 0 bridgehead atoms. The van der Waals surface area contributed by atoms with Crippen LogP contribution in [0.4, 0.5) is 0 Å². The molecule has 3 nitrogen and oxygen atoms in total. The van der Waals surface area contributed by atoms with Crippen LogP contribution in [0.2, 0.25) is 0 Å². The van der Waals surface area contributed by atoms with E-state index in [1.807, 2.05) is 18.2 Å². The van der Waals surface area contributed by atoms with Gasteiger partial charge in [0.25, 0.3) is 0 Å². The minimum absolute atomic E-state index is 0.499. The maximum Gasteiger partial charge on any atom is 0.123 e. The van der Waals surface area contributed by atoms with Crippen molar-refractivity contribution < 1.29 is 8.95 Å². The van der Waals surface area contributed by atoms with E-state index in [4.69, 9.17) is 10.5 Å². The van der Waals surface area contributed by atoms with Crippen LogP contribution >= 0.6 is 0 Å².